The number of fused-ring (bicyclic) bond motifs is 2. The Morgan fingerprint density at radius 3 is 2.68 bits per heavy atom. The van der Waals surface area contributed by atoms with E-state index in [-0.39, 0.29) is 6.04 Å². The van der Waals surface area contributed by atoms with E-state index in [4.69, 9.17) is 11.6 Å². The zero-order chi connectivity index (χ0) is 17.6. The van der Waals surface area contributed by atoms with Gasteiger partial charge >= 0.3 is 0 Å². The predicted molar refractivity (Wildman–Crippen MR) is 111 cm³/mol. The van der Waals surface area contributed by atoms with Gasteiger partial charge < -0.3 is 9.62 Å². The number of hydrogen-bond donors (Lipinski definition) is 1. The molecule has 1 N–H and O–H groups in total. The summed E-state index contributed by atoms with van der Waals surface area (Å²) in [5.74, 6) is 0. The molecule has 2 nitrogen and oxygen atoms in total. The summed E-state index contributed by atoms with van der Waals surface area (Å²) in [6.45, 7) is 3.30. The molecule has 3 rings (SSSR count). The maximum atomic E-state index is 6.26. The molecule has 1 aliphatic rings. The smallest absolute Gasteiger partial charge is 0.0609 e. The first-order valence-electron chi connectivity index (χ1n) is 9.24. The van der Waals surface area contributed by atoms with E-state index in [0.717, 1.165) is 11.6 Å². The fourth-order valence-electron chi connectivity index (χ4n) is 3.40. The molecule has 25 heavy (non-hydrogen) atoms. The SMILES string of the molecule is CCCCCCCNC1c2ccc(Cl)cc2SN(C)c2ccccc21. The Morgan fingerprint density at radius 2 is 1.84 bits per heavy atom. The Kier molecular flexibility index (Phi) is 6.69. The highest BCUT2D eigenvalue weighted by atomic mass is 35.5. The highest BCUT2D eigenvalue weighted by molar-refractivity contribution is 8.00. The first kappa shape index (κ1) is 18.6. The average molecular weight is 375 g/mol. The molecule has 0 bridgehead atoms. The molecule has 2 aromatic rings. The van der Waals surface area contributed by atoms with Crippen LogP contribution in [0.25, 0.3) is 0 Å². The molecular formula is C21H27ClN2S. The summed E-state index contributed by atoms with van der Waals surface area (Å²) in [7, 11) is 2.13. The zero-order valence-electron chi connectivity index (χ0n) is 15.1. The van der Waals surface area contributed by atoms with E-state index in [1.165, 1.54) is 53.8 Å². The summed E-state index contributed by atoms with van der Waals surface area (Å²) in [5, 5.41) is 4.60. The molecule has 0 saturated heterocycles. The Hall–Kier alpha value is -1.16. The third-order valence-corrected chi connectivity index (χ3v) is 5.99. The Balaban J connectivity index is 1.83. The van der Waals surface area contributed by atoms with Crippen LogP contribution in [0, 0.1) is 0 Å². The Labute approximate surface area is 161 Å². The van der Waals surface area contributed by atoms with E-state index in [2.05, 4.69) is 60.0 Å². The van der Waals surface area contributed by atoms with Gasteiger partial charge in [0.1, 0.15) is 0 Å². The average Bonchev–Trinajstić information content (AvgIpc) is 2.73. The summed E-state index contributed by atoms with van der Waals surface area (Å²) in [5.41, 5.74) is 3.93. The van der Waals surface area contributed by atoms with Gasteiger partial charge in [0.2, 0.25) is 0 Å². The Morgan fingerprint density at radius 1 is 1.04 bits per heavy atom. The number of para-hydroxylation sites is 1. The van der Waals surface area contributed by atoms with Crippen LogP contribution >= 0.6 is 23.5 Å². The lowest BCUT2D eigenvalue weighted by atomic mass is 9.96. The van der Waals surface area contributed by atoms with E-state index in [1.807, 2.05) is 6.07 Å². The van der Waals surface area contributed by atoms with Gasteiger partial charge in [0, 0.05) is 17.0 Å². The quantitative estimate of drug-likeness (QED) is 0.443. The molecule has 0 fully saturated rings. The van der Waals surface area contributed by atoms with Crippen molar-refractivity contribution in [3.8, 4) is 0 Å². The third-order valence-electron chi connectivity index (χ3n) is 4.74. The van der Waals surface area contributed by atoms with Crippen LogP contribution in [0.2, 0.25) is 5.02 Å². The number of benzene rings is 2. The molecular weight excluding hydrogens is 348 g/mol. The van der Waals surface area contributed by atoms with Crippen molar-refractivity contribution in [3.05, 3.63) is 58.6 Å². The van der Waals surface area contributed by atoms with Crippen LogP contribution in [0.15, 0.2) is 47.4 Å². The van der Waals surface area contributed by atoms with Crippen LogP contribution in [-0.2, 0) is 0 Å². The second-order valence-electron chi connectivity index (χ2n) is 6.63. The topological polar surface area (TPSA) is 15.3 Å². The van der Waals surface area contributed by atoms with Gasteiger partial charge in [0.15, 0.2) is 0 Å². The van der Waals surface area contributed by atoms with Crippen LogP contribution in [0.4, 0.5) is 5.69 Å². The van der Waals surface area contributed by atoms with Crippen molar-refractivity contribution in [2.24, 2.45) is 0 Å². The number of nitrogens with one attached hydrogen (secondary N) is 1. The van der Waals surface area contributed by atoms with E-state index in [9.17, 15) is 0 Å². The van der Waals surface area contributed by atoms with Crippen molar-refractivity contribution in [1.82, 2.24) is 5.32 Å². The number of unbranched alkanes of at least 4 members (excludes halogenated alkanes) is 4. The predicted octanol–water partition coefficient (Wildman–Crippen LogP) is 6.45. The van der Waals surface area contributed by atoms with Gasteiger partial charge in [-0.2, -0.15) is 0 Å². The molecule has 0 aromatic heterocycles. The minimum absolute atomic E-state index is 0.215. The van der Waals surface area contributed by atoms with Crippen molar-refractivity contribution in [1.29, 1.82) is 0 Å². The molecule has 0 radical (unpaired) electrons. The highest BCUT2D eigenvalue weighted by Gasteiger charge is 2.26. The van der Waals surface area contributed by atoms with Crippen molar-refractivity contribution in [2.75, 3.05) is 17.9 Å². The largest absolute Gasteiger partial charge is 0.315 e. The molecule has 1 atom stereocenters. The van der Waals surface area contributed by atoms with Crippen molar-refractivity contribution in [3.63, 3.8) is 0 Å². The van der Waals surface area contributed by atoms with E-state index < -0.39 is 0 Å². The minimum atomic E-state index is 0.215. The summed E-state index contributed by atoms with van der Waals surface area (Å²) < 4.78 is 2.24. The maximum Gasteiger partial charge on any atom is 0.0609 e. The molecule has 4 heteroatoms. The molecule has 0 amide bonds. The van der Waals surface area contributed by atoms with Crippen LogP contribution in [0.3, 0.4) is 0 Å². The lowest BCUT2D eigenvalue weighted by Crippen LogP contribution is -2.24. The lowest BCUT2D eigenvalue weighted by molar-refractivity contribution is 0.546. The van der Waals surface area contributed by atoms with Gasteiger partial charge in [0.25, 0.3) is 0 Å². The van der Waals surface area contributed by atoms with E-state index in [1.54, 1.807) is 11.9 Å². The summed E-state index contributed by atoms with van der Waals surface area (Å²) >= 11 is 8.01. The fraction of sp³-hybridized carbons (Fsp3) is 0.429. The number of rotatable bonds is 7. The first-order valence-corrected chi connectivity index (χ1v) is 10.4. The van der Waals surface area contributed by atoms with Gasteiger partial charge in [-0.25, -0.2) is 0 Å². The van der Waals surface area contributed by atoms with Crippen LogP contribution in [-0.4, -0.2) is 13.6 Å². The van der Waals surface area contributed by atoms with Gasteiger partial charge in [-0.15, -0.1) is 0 Å². The second-order valence-corrected chi connectivity index (χ2v) is 8.24. The van der Waals surface area contributed by atoms with Gasteiger partial charge in [-0.1, -0.05) is 68.5 Å². The second kappa shape index (κ2) is 8.98. The molecule has 1 aliphatic heterocycles. The zero-order valence-corrected chi connectivity index (χ0v) is 16.7. The summed E-state index contributed by atoms with van der Waals surface area (Å²) in [4.78, 5) is 1.23. The normalized spacial score (nSPS) is 16.3. The molecule has 0 saturated carbocycles. The standard InChI is InChI=1S/C21H27ClN2S/c1-3-4-5-6-9-14-23-21-17-10-7-8-11-19(17)24(2)25-20-15-16(22)12-13-18(20)21/h7-8,10-13,15,21,23H,3-6,9,14H2,1-2H3. The third kappa shape index (κ3) is 4.52. The molecule has 0 spiro atoms. The lowest BCUT2D eigenvalue weighted by Gasteiger charge is -2.22. The van der Waals surface area contributed by atoms with Gasteiger partial charge in [-0.05, 0) is 54.2 Å². The number of halogens is 1. The fourth-order valence-corrected chi connectivity index (χ4v) is 4.67. The van der Waals surface area contributed by atoms with Gasteiger partial charge in [-0.3, -0.25) is 0 Å². The first-order chi connectivity index (χ1) is 12.2. The molecule has 1 unspecified atom stereocenters. The molecule has 1 heterocycles. The maximum absolute atomic E-state index is 6.26. The number of anilines is 1. The summed E-state index contributed by atoms with van der Waals surface area (Å²) in [6, 6.07) is 15.2. The van der Waals surface area contributed by atoms with Crippen LogP contribution in [0.1, 0.15) is 56.2 Å². The summed E-state index contributed by atoms with van der Waals surface area (Å²) in [6.07, 6.45) is 6.50. The number of hydrogen-bond acceptors (Lipinski definition) is 3. The highest BCUT2D eigenvalue weighted by Crippen LogP contribution is 2.43. The monoisotopic (exact) mass is 374 g/mol. The molecule has 0 aliphatic carbocycles. The van der Waals surface area contributed by atoms with Crippen molar-refractivity contribution < 1.29 is 0 Å². The van der Waals surface area contributed by atoms with Gasteiger partial charge in [0.05, 0.1) is 11.7 Å². The molecule has 2 aromatic carbocycles. The minimum Gasteiger partial charge on any atom is -0.315 e. The van der Waals surface area contributed by atoms with E-state index >= 15 is 0 Å². The van der Waals surface area contributed by atoms with Crippen LogP contribution < -0.4 is 9.62 Å². The van der Waals surface area contributed by atoms with E-state index in [0.29, 0.717) is 0 Å². The van der Waals surface area contributed by atoms with Crippen LogP contribution in [0.5, 0.6) is 0 Å². The number of nitrogens with zero attached hydrogens (tertiary/aromatic N) is 1. The van der Waals surface area contributed by atoms with Crippen molar-refractivity contribution >= 4 is 29.2 Å². The molecule has 134 valence electrons. The Bertz CT molecular complexity index is 704. The van der Waals surface area contributed by atoms with Crippen molar-refractivity contribution in [2.45, 2.75) is 50.0 Å².